The summed E-state index contributed by atoms with van der Waals surface area (Å²) in [6.07, 6.45) is 3.90. The molecule has 0 saturated heterocycles. The van der Waals surface area contributed by atoms with Crippen LogP contribution in [0.3, 0.4) is 0 Å². The normalized spacial score (nSPS) is 15.1. The fourth-order valence-electron chi connectivity index (χ4n) is 4.62. The molecule has 0 unspecified atom stereocenters. The van der Waals surface area contributed by atoms with Crippen LogP contribution < -0.4 is 24.4 Å². The number of methoxy groups -OCH3 is 1. The largest absolute Gasteiger partial charge is 0.497 e. The Hall–Kier alpha value is -4.62. The predicted molar refractivity (Wildman–Crippen MR) is 153 cm³/mol. The van der Waals surface area contributed by atoms with E-state index in [4.69, 9.17) is 9.47 Å². The number of carbonyl (C=O) groups is 2. The van der Waals surface area contributed by atoms with Crippen LogP contribution in [0.1, 0.15) is 31.4 Å². The van der Waals surface area contributed by atoms with E-state index in [1.807, 2.05) is 42.5 Å². The molecule has 206 valence electrons. The van der Waals surface area contributed by atoms with Crippen molar-refractivity contribution < 1.29 is 24.2 Å². The first-order valence-corrected chi connectivity index (χ1v) is 13.3. The monoisotopic (exact) mass is 559 g/mol. The summed E-state index contributed by atoms with van der Waals surface area (Å²) in [5.41, 5.74) is 2.75. The molecule has 0 fully saturated rings. The van der Waals surface area contributed by atoms with E-state index in [1.165, 1.54) is 6.08 Å². The Balaban J connectivity index is 1.85. The number of thiazole rings is 1. The molecule has 0 aliphatic carbocycles. The Morgan fingerprint density at radius 3 is 2.58 bits per heavy atom. The molecule has 0 amide bonds. The highest BCUT2D eigenvalue weighted by molar-refractivity contribution is 7.07. The number of carbonyl (C=O) groups excluding carboxylic acids is 1. The second-order valence-corrected chi connectivity index (χ2v) is 10.9. The van der Waals surface area contributed by atoms with E-state index >= 15 is 0 Å². The minimum atomic E-state index is -1.28. The zero-order chi connectivity index (χ0) is 29.0. The average molecular weight is 560 g/mol. The molecule has 10 heteroatoms. The van der Waals surface area contributed by atoms with Gasteiger partial charge in [-0.25, -0.2) is 4.79 Å². The molecule has 9 nitrogen and oxygen atoms in total. The second-order valence-electron chi connectivity index (χ2n) is 9.83. The van der Waals surface area contributed by atoms with Gasteiger partial charge in [0.25, 0.3) is 5.56 Å². The van der Waals surface area contributed by atoms with Crippen molar-refractivity contribution in [2.24, 2.45) is 0 Å². The number of esters is 1. The van der Waals surface area contributed by atoms with E-state index in [2.05, 4.69) is 25.3 Å². The molecule has 1 aromatic heterocycles. The number of nitrogens with zero attached hydrogens (tertiary/aromatic N) is 3. The SMILES string of the molecule is C=CCOC(=O)/C(C#N)=c1/s/c(=C/c2ccc3c(c2)C(C)(C)CCN3c2ccc(OC)cc2)c(=O)n1CC(=O)O. The zero-order valence-electron chi connectivity index (χ0n) is 22.5. The van der Waals surface area contributed by atoms with Gasteiger partial charge in [-0.1, -0.05) is 32.6 Å². The third kappa shape index (κ3) is 5.70. The maximum absolute atomic E-state index is 13.3. The number of rotatable bonds is 8. The van der Waals surface area contributed by atoms with E-state index < -0.39 is 29.6 Å². The molecule has 4 rings (SSSR count). The maximum atomic E-state index is 13.3. The van der Waals surface area contributed by atoms with Gasteiger partial charge in [-0.2, -0.15) is 5.26 Å². The Bertz CT molecular complexity index is 1690. The lowest BCUT2D eigenvalue weighted by molar-refractivity contribution is -0.138. The molecule has 0 saturated carbocycles. The van der Waals surface area contributed by atoms with Gasteiger partial charge in [0.05, 0.1) is 11.6 Å². The van der Waals surface area contributed by atoms with E-state index in [9.17, 15) is 24.8 Å². The summed E-state index contributed by atoms with van der Waals surface area (Å²) in [5, 5.41) is 19.0. The number of benzene rings is 2. The Kier molecular flexibility index (Phi) is 8.26. The van der Waals surface area contributed by atoms with Crippen molar-refractivity contribution in [2.75, 3.05) is 25.2 Å². The number of aliphatic carboxylic acids is 1. The molecule has 3 aromatic rings. The van der Waals surface area contributed by atoms with Crippen molar-refractivity contribution in [1.29, 1.82) is 5.26 Å². The highest BCUT2D eigenvalue weighted by atomic mass is 32.1. The first-order chi connectivity index (χ1) is 19.1. The van der Waals surface area contributed by atoms with Gasteiger partial charge in [0, 0.05) is 17.9 Å². The van der Waals surface area contributed by atoms with Crippen LogP contribution in [-0.4, -0.2) is 41.9 Å². The number of anilines is 2. The van der Waals surface area contributed by atoms with Crippen molar-refractivity contribution in [3.05, 3.63) is 85.8 Å². The Morgan fingerprint density at radius 2 is 1.95 bits per heavy atom. The van der Waals surface area contributed by atoms with Crippen LogP contribution in [0.4, 0.5) is 11.4 Å². The molecule has 0 bridgehead atoms. The van der Waals surface area contributed by atoms with Gasteiger partial charge < -0.3 is 19.5 Å². The summed E-state index contributed by atoms with van der Waals surface area (Å²) in [7, 11) is 1.63. The third-order valence-corrected chi connectivity index (χ3v) is 7.88. The summed E-state index contributed by atoms with van der Waals surface area (Å²) in [6.45, 7) is 7.82. The van der Waals surface area contributed by atoms with E-state index in [1.54, 1.807) is 19.3 Å². The summed E-state index contributed by atoms with van der Waals surface area (Å²) in [4.78, 5) is 39.5. The number of hydrogen-bond donors (Lipinski definition) is 1. The maximum Gasteiger partial charge on any atom is 0.352 e. The van der Waals surface area contributed by atoms with E-state index in [0.29, 0.717) is 0 Å². The number of aromatic nitrogens is 1. The number of fused-ring (bicyclic) bond motifs is 1. The van der Waals surface area contributed by atoms with Crippen molar-refractivity contribution in [3.63, 3.8) is 0 Å². The van der Waals surface area contributed by atoms with Crippen molar-refractivity contribution in [1.82, 2.24) is 4.57 Å². The molecule has 0 spiro atoms. The molecule has 2 heterocycles. The smallest absolute Gasteiger partial charge is 0.352 e. The first kappa shape index (κ1) is 28.4. The molecule has 2 aromatic carbocycles. The van der Waals surface area contributed by atoms with E-state index in [0.717, 1.165) is 57.1 Å². The molecule has 0 atom stereocenters. The number of hydrogen-bond acceptors (Lipinski definition) is 8. The molecule has 1 N–H and O–H groups in total. The van der Waals surface area contributed by atoms with Crippen LogP contribution in [-0.2, 0) is 26.3 Å². The summed E-state index contributed by atoms with van der Waals surface area (Å²) in [6, 6.07) is 15.6. The number of nitriles is 1. The Labute approximate surface area is 235 Å². The van der Waals surface area contributed by atoms with Gasteiger partial charge in [0.2, 0.25) is 0 Å². The lowest BCUT2D eigenvalue weighted by Crippen LogP contribution is -2.35. The van der Waals surface area contributed by atoms with Crippen LogP contribution >= 0.6 is 11.3 Å². The Morgan fingerprint density at radius 1 is 1.23 bits per heavy atom. The minimum absolute atomic E-state index is 0.0702. The third-order valence-electron chi connectivity index (χ3n) is 6.75. The number of carboxylic acid groups (broad SMARTS) is 1. The van der Waals surface area contributed by atoms with Crippen LogP contribution in [0.15, 0.2) is 59.9 Å². The standard InChI is InChI=1S/C30H29N3O6S/c1-5-14-39-29(37)22(17-31)28-33(18-26(34)35)27(36)25(40-28)16-19-6-11-24-23(15-19)30(2,3)12-13-32(24)20-7-9-21(38-4)10-8-20/h5-11,15-16H,1,12-14,18H2,2-4H3,(H,34,35)/b25-16+,28-22+. The van der Waals surface area contributed by atoms with Gasteiger partial charge in [0.1, 0.15) is 29.6 Å². The summed E-state index contributed by atoms with van der Waals surface area (Å²) in [5.74, 6) is -1.46. The van der Waals surface area contributed by atoms with Gasteiger partial charge in [0.15, 0.2) is 5.57 Å². The quantitative estimate of drug-likeness (QED) is 0.330. The second kappa shape index (κ2) is 11.6. The molecule has 1 aliphatic heterocycles. The van der Waals surface area contributed by atoms with Crippen LogP contribution in [0.5, 0.6) is 5.75 Å². The van der Waals surface area contributed by atoms with Crippen LogP contribution in [0, 0.1) is 11.3 Å². The fraction of sp³-hybridized carbons (Fsp3) is 0.267. The lowest BCUT2D eigenvalue weighted by Gasteiger charge is -2.40. The fourth-order valence-corrected chi connectivity index (χ4v) is 5.71. The van der Waals surface area contributed by atoms with Crippen molar-refractivity contribution in [2.45, 2.75) is 32.2 Å². The minimum Gasteiger partial charge on any atom is -0.497 e. The predicted octanol–water partition coefficient (Wildman–Crippen LogP) is 3.05. The molecule has 1 aliphatic rings. The van der Waals surface area contributed by atoms with Crippen molar-refractivity contribution >= 4 is 46.3 Å². The van der Waals surface area contributed by atoms with Crippen LogP contribution in [0.2, 0.25) is 0 Å². The molecular weight excluding hydrogens is 530 g/mol. The zero-order valence-corrected chi connectivity index (χ0v) is 23.3. The van der Waals surface area contributed by atoms with Gasteiger partial charge in [-0.05, 0) is 65.4 Å². The van der Waals surface area contributed by atoms with Crippen LogP contribution in [0.25, 0.3) is 11.6 Å². The highest BCUT2D eigenvalue weighted by Gasteiger charge is 2.32. The first-order valence-electron chi connectivity index (χ1n) is 12.5. The average Bonchev–Trinajstić information content (AvgIpc) is 3.22. The highest BCUT2D eigenvalue weighted by Crippen LogP contribution is 2.43. The number of carboxylic acids is 1. The van der Waals surface area contributed by atoms with Gasteiger partial charge in [-0.15, -0.1) is 11.3 Å². The summed E-state index contributed by atoms with van der Waals surface area (Å²) >= 11 is 0.879. The molecule has 40 heavy (non-hydrogen) atoms. The molecular formula is C30H29N3O6S. The summed E-state index contributed by atoms with van der Waals surface area (Å²) < 4.78 is 11.3. The van der Waals surface area contributed by atoms with E-state index in [-0.39, 0.29) is 21.2 Å². The molecule has 0 radical (unpaired) electrons. The van der Waals surface area contributed by atoms with Crippen molar-refractivity contribution in [3.8, 4) is 11.8 Å². The number of ether oxygens (including phenoxy) is 2. The lowest BCUT2D eigenvalue weighted by atomic mass is 9.77. The topological polar surface area (TPSA) is 122 Å². The van der Waals surface area contributed by atoms with Gasteiger partial charge >= 0.3 is 11.9 Å². The van der Waals surface area contributed by atoms with Gasteiger partial charge in [-0.3, -0.25) is 14.2 Å².